The minimum atomic E-state index is -0.317. The van der Waals surface area contributed by atoms with E-state index < -0.39 is 0 Å². The predicted molar refractivity (Wildman–Crippen MR) is 119 cm³/mol. The third-order valence-electron chi connectivity index (χ3n) is 5.38. The van der Waals surface area contributed by atoms with Gasteiger partial charge in [0.05, 0.1) is 28.9 Å². The number of amides is 2. The van der Waals surface area contributed by atoms with E-state index in [1.807, 2.05) is 37.3 Å². The van der Waals surface area contributed by atoms with E-state index in [1.165, 1.54) is 0 Å². The number of aromatic amines is 1. The molecule has 1 saturated heterocycles. The summed E-state index contributed by atoms with van der Waals surface area (Å²) in [4.78, 5) is 30.4. The largest absolute Gasteiger partial charge is 0.376 e. The normalized spacial score (nSPS) is 16.0. The molecule has 1 aromatic heterocycles. The van der Waals surface area contributed by atoms with E-state index >= 15 is 0 Å². The van der Waals surface area contributed by atoms with E-state index in [9.17, 15) is 9.59 Å². The van der Waals surface area contributed by atoms with E-state index in [4.69, 9.17) is 16.3 Å². The Bertz CT molecular complexity index is 1120. The van der Waals surface area contributed by atoms with Gasteiger partial charge in [0.15, 0.2) is 0 Å². The Balaban J connectivity index is 1.62. The molecule has 0 spiro atoms. The summed E-state index contributed by atoms with van der Waals surface area (Å²) in [5, 5.41) is 4.26. The van der Waals surface area contributed by atoms with Crippen molar-refractivity contribution >= 4 is 34.2 Å². The number of benzene rings is 2. The lowest BCUT2D eigenvalue weighted by Crippen LogP contribution is -2.40. The molecule has 1 fully saturated rings. The quantitative estimate of drug-likeness (QED) is 0.622. The zero-order valence-corrected chi connectivity index (χ0v) is 17.5. The van der Waals surface area contributed by atoms with Gasteiger partial charge < -0.3 is 19.9 Å². The molecule has 3 aromatic rings. The number of pyridine rings is 1. The van der Waals surface area contributed by atoms with Crippen LogP contribution in [0.25, 0.3) is 10.9 Å². The highest BCUT2D eigenvalue weighted by atomic mass is 35.5. The summed E-state index contributed by atoms with van der Waals surface area (Å²) in [6.45, 7) is 3.23. The van der Waals surface area contributed by atoms with Gasteiger partial charge in [-0.05, 0) is 48.9 Å². The number of carbonyl (C=O) groups excluding carboxylic acids is 1. The molecule has 156 valence electrons. The van der Waals surface area contributed by atoms with Crippen molar-refractivity contribution in [2.24, 2.45) is 0 Å². The first-order chi connectivity index (χ1) is 14.5. The van der Waals surface area contributed by atoms with Crippen LogP contribution >= 0.6 is 11.6 Å². The fourth-order valence-corrected chi connectivity index (χ4v) is 3.94. The van der Waals surface area contributed by atoms with E-state index in [-0.39, 0.29) is 24.2 Å². The number of hydrogen-bond acceptors (Lipinski definition) is 3. The van der Waals surface area contributed by atoms with Crippen LogP contribution in [0.5, 0.6) is 0 Å². The minimum absolute atomic E-state index is 0.0382. The molecule has 30 heavy (non-hydrogen) atoms. The van der Waals surface area contributed by atoms with Crippen LogP contribution in [-0.2, 0) is 11.3 Å². The monoisotopic (exact) mass is 425 g/mol. The molecule has 0 aliphatic carbocycles. The number of fused-ring (bicyclic) bond motifs is 1. The topological polar surface area (TPSA) is 74.4 Å². The van der Waals surface area contributed by atoms with Gasteiger partial charge in [-0.3, -0.25) is 4.79 Å². The highest BCUT2D eigenvalue weighted by Gasteiger charge is 2.24. The molecule has 0 radical (unpaired) electrons. The molecule has 2 N–H and O–H groups in total. The van der Waals surface area contributed by atoms with Crippen LogP contribution in [-0.4, -0.2) is 35.2 Å². The molecule has 2 heterocycles. The molecule has 0 unspecified atom stereocenters. The first kappa shape index (κ1) is 20.4. The summed E-state index contributed by atoms with van der Waals surface area (Å²) in [6, 6.07) is 14.5. The molecule has 1 aliphatic heterocycles. The van der Waals surface area contributed by atoms with E-state index in [0.717, 1.165) is 29.3 Å². The SMILES string of the molecule is Cc1cccc2cc(CN(C[C@@H]3CCCO3)C(=O)Nc3ccccc3Cl)c(=O)[nH]c12. The molecule has 2 amide bonds. The Morgan fingerprint density at radius 1 is 1.27 bits per heavy atom. The van der Waals surface area contributed by atoms with E-state index in [0.29, 0.717) is 29.4 Å². The van der Waals surface area contributed by atoms with Crippen LogP contribution in [0.3, 0.4) is 0 Å². The van der Waals surface area contributed by atoms with Gasteiger partial charge in [0.1, 0.15) is 0 Å². The maximum Gasteiger partial charge on any atom is 0.322 e. The predicted octanol–water partition coefficient (Wildman–Crippen LogP) is 4.70. The van der Waals surface area contributed by atoms with Crippen LogP contribution in [0.15, 0.2) is 53.3 Å². The van der Waals surface area contributed by atoms with Crippen molar-refractivity contribution in [1.82, 2.24) is 9.88 Å². The van der Waals surface area contributed by atoms with Gasteiger partial charge in [0, 0.05) is 18.7 Å². The van der Waals surface area contributed by atoms with Crippen LogP contribution in [0.1, 0.15) is 24.0 Å². The molecule has 1 atom stereocenters. The molecular weight excluding hydrogens is 402 g/mol. The van der Waals surface area contributed by atoms with Crippen molar-refractivity contribution in [2.75, 3.05) is 18.5 Å². The fourth-order valence-electron chi connectivity index (χ4n) is 3.76. The first-order valence-electron chi connectivity index (χ1n) is 10.0. The van der Waals surface area contributed by atoms with Crippen LogP contribution < -0.4 is 10.9 Å². The molecule has 7 heteroatoms. The third kappa shape index (κ3) is 4.50. The molecule has 1 aliphatic rings. The summed E-state index contributed by atoms with van der Waals surface area (Å²) in [7, 11) is 0. The smallest absolute Gasteiger partial charge is 0.322 e. The molecule has 0 bridgehead atoms. The van der Waals surface area contributed by atoms with Crippen molar-refractivity contribution in [1.29, 1.82) is 0 Å². The lowest BCUT2D eigenvalue weighted by atomic mass is 10.1. The Morgan fingerprint density at radius 2 is 2.10 bits per heavy atom. The molecular formula is C23H24ClN3O3. The zero-order chi connectivity index (χ0) is 21.1. The summed E-state index contributed by atoms with van der Waals surface area (Å²) in [5.74, 6) is 0. The Kier molecular flexibility index (Phi) is 6.06. The van der Waals surface area contributed by atoms with Gasteiger partial charge in [-0.15, -0.1) is 0 Å². The second kappa shape index (κ2) is 8.90. The Labute approximate surface area is 179 Å². The van der Waals surface area contributed by atoms with Crippen LogP contribution in [0, 0.1) is 6.92 Å². The van der Waals surface area contributed by atoms with E-state index in [2.05, 4.69) is 10.3 Å². The number of anilines is 1. The van der Waals surface area contributed by atoms with Gasteiger partial charge in [0.2, 0.25) is 0 Å². The van der Waals surface area contributed by atoms with Gasteiger partial charge >= 0.3 is 6.03 Å². The maximum atomic E-state index is 13.1. The molecule has 4 rings (SSSR count). The number of rotatable bonds is 5. The number of aromatic nitrogens is 1. The maximum absolute atomic E-state index is 13.1. The number of halogens is 1. The summed E-state index contributed by atoms with van der Waals surface area (Å²) in [5.41, 5.74) is 2.69. The highest BCUT2D eigenvalue weighted by Crippen LogP contribution is 2.22. The van der Waals surface area contributed by atoms with Crippen molar-refractivity contribution in [3.63, 3.8) is 0 Å². The number of nitrogens with zero attached hydrogens (tertiary/aromatic N) is 1. The van der Waals surface area contributed by atoms with Crippen LogP contribution in [0.4, 0.5) is 10.5 Å². The van der Waals surface area contributed by atoms with Crippen molar-refractivity contribution in [2.45, 2.75) is 32.4 Å². The third-order valence-corrected chi connectivity index (χ3v) is 5.71. The fraction of sp³-hybridized carbons (Fsp3) is 0.304. The van der Waals surface area contributed by atoms with Crippen molar-refractivity contribution in [3.05, 3.63) is 75.0 Å². The Morgan fingerprint density at radius 3 is 2.87 bits per heavy atom. The Hall–Kier alpha value is -2.83. The van der Waals surface area contributed by atoms with Gasteiger partial charge in [-0.1, -0.05) is 41.9 Å². The number of aryl methyl sites for hydroxylation is 1. The van der Waals surface area contributed by atoms with Gasteiger partial charge in [-0.2, -0.15) is 0 Å². The average molecular weight is 426 g/mol. The number of para-hydroxylation sites is 2. The second-order valence-electron chi connectivity index (χ2n) is 7.59. The number of carbonyl (C=O) groups is 1. The van der Waals surface area contributed by atoms with Crippen molar-refractivity contribution in [3.8, 4) is 0 Å². The number of hydrogen-bond donors (Lipinski definition) is 2. The van der Waals surface area contributed by atoms with E-state index in [1.54, 1.807) is 23.1 Å². The summed E-state index contributed by atoms with van der Waals surface area (Å²) >= 11 is 6.20. The number of nitrogens with one attached hydrogen (secondary N) is 2. The number of H-pyrrole nitrogens is 1. The molecule has 6 nitrogen and oxygen atoms in total. The summed E-state index contributed by atoms with van der Waals surface area (Å²) in [6.07, 6.45) is 1.83. The second-order valence-corrected chi connectivity index (χ2v) is 8.00. The molecule has 2 aromatic carbocycles. The first-order valence-corrected chi connectivity index (χ1v) is 10.4. The number of urea groups is 1. The van der Waals surface area contributed by atoms with Crippen LogP contribution in [0.2, 0.25) is 5.02 Å². The van der Waals surface area contributed by atoms with Gasteiger partial charge in [-0.25, -0.2) is 4.79 Å². The van der Waals surface area contributed by atoms with Gasteiger partial charge in [0.25, 0.3) is 5.56 Å². The molecule has 0 saturated carbocycles. The standard InChI is InChI=1S/C23H24ClN3O3/c1-15-6-4-7-16-12-17(22(28)26-21(15)16)13-27(14-18-8-5-11-30-18)23(29)25-20-10-3-2-9-19(20)24/h2-4,6-7,9-10,12,18H,5,8,11,13-14H2,1H3,(H,25,29)(H,26,28)/t18-/m0/s1. The average Bonchev–Trinajstić information content (AvgIpc) is 3.24. The lowest BCUT2D eigenvalue weighted by Gasteiger charge is -2.26. The van der Waals surface area contributed by atoms with Crippen molar-refractivity contribution < 1.29 is 9.53 Å². The number of ether oxygens (including phenoxy) is 1. The minimum Gasteiger partial charge on any atom is -0.376 e. The summed E-state index contributed by atoms with van der Waals surface area (Å²) < 4.78 is 5.73. The lowest BCUT2D eigenvalue weighted by molar-refractivity contribution is 0.0818. The highest BCUT2D eigenvalue weighted by molar-refractivity contribution is 6.33. The zero-order valence-electron chi connectivity index (χ0n) is 16.8.